The number of likely N-dealkylation sites (tertiary alicyclic amines) is 1. The maximum atomic E-state index is 13.0. The standard InChI is InChI=1S/C18H32N4O6/c1-5-9(2)13(17(26)22-8-6-7-12(22)18(27)28)20-16(25)14(11(4)23)21-15(24)10(3)19/h9-14,23H,5-8,19H2,1-4H3,(H,20,25)(H,21,24)(H,27,28)/t9-,10-,11+,12-,13-,14-/m0/s1. The third-order valence-electron chi connectivity index (χ3n) is 5.07. The first-order valence-electron chi connectivity index (χ1n) is 9.58. The Bertz CT molecular complexity index is 595. The lowest BCUT2D eigenvalue weighted by molar-refractivity contribution is -0.150. The lowest BCUT2D eigenvalue weighted by atomic mass is 9.96. The molecule has 0 aromatic carbocycles. The van der Waals surface area contributed by atoms with E-state index in [0.717, 1.165) is 0 Å². The Hall–Kier alpha value is -2.20. The van der Waals surface area contributed by atoms with Gasteiger partial charge in [-0.1, -0.05) is 20.3 Å². The highest BCUT2D eigenvalue weighted by molar-refractivity contribution is 5.94. The SMILES string of the molecule is CC[C@H](C)[C@H](NC(=O)[C@@H](NC(=O)[C@H](C)N)[C@@H](C)O)C(=O)N1CCC[C@H]1C(=O)O. The van der Waals surface area contributed by atoms with Crippen molar-refractivity contribution in [3.8, 4) is 0 Å². The number of nitrogens with one attached hydrogen (secondary N) is 2. The maximum Gasteiger partial charge on any atom is 0.326 e. The van der Waals surface area contributed by atoms with Crippen LogP contribution in [0.3, 0.4) is 0 Å². The van der Waals surface area contributed by atoms with E-state index in [9.17, 15) is 29.4 Å². The Kier molecular flexibility index (Phi) is 8.83. The van der Waals surface area contributed by atoms with Gasteiger partial charge >= 0.3 is 5.97 Å². The third-order valence-corrected chi connectivity index (χ3v) is 5.07. The molecule has 10 heteroatoms. The van der Waals surface area contributed by atoms with Crippen molar-refractivity contribution in [2.45, 2.75) is 77.2 Å². The highest BCUT2D eigenvalue weighted by atomic mass is 16.4. The van der Waals surface area contributed by atoms with Crippen molar-refractivity contribution in [1.29, 1.82) is 0 Å². The summed E-state index contributed by atoms with van der Waals surface area (Å²) < 4.78 is 0. The molecule has 1 saturated heterocycles. The van der Waals surface area contributed by atoms with E-state index in [1.54, 1.807) is 6.92 Å². The molecule has 6 atom stereocenters. The zero-order valence-electron chi connectivity index (χ0n) is 16.8. The molecular formula is C18H32N4O6. The zero-order chi connectivity index (χ0) is 21.6. The Morgan fingerprint density at radius 3 is 2.14 bits per heavy atom. The fourth-order valence-corrected chi connectivity index (χ4v) is 3.08. The van der Waals surface area contributed by atoms with Crippen LogP contribution in [0, 0.1) is 5.92 Å². The molecule has 1 rings (SSSR count). The first-order chi connectivity index (χ1) is 13.0. The molecule has 0 aromatic heterocycles. The molecule has 6 N–H and O–H groups in total. The number of hydrogen-bond donors (Lipinski definition) is 5. The Morgan fingerprint density at radius 2 is 1.68 bits per heavy atom. The van der Waals surface area contributed by atoms with Gasteiger partial charge in [0.1, 0.15) is 18.1 Å². The molecule has 0 saturated carbocycles. The molecule has 0 aliphatic carbocycles. The van der Waals surface area contributed by atoms with Crippen LogP contribution in [0.4, 0.5) is 0 Å². The quantitative estimate of drug-likeness (QED) is 0.325. The maximum absolute atomic E-state index is 13.0. The normalized spacial score (nSPS) is 21.9. The van der Waals surface area contributed by atoms with Crippen molar-refractivity contribution in [2.75, 3.05) is 6.54 Å². The summed E-state index contributed by atoms with van der Waals surface area (Å²) in [6.45, 7) is 6.70. The monoisotopic (exact) mass is 400 g/mol. The van der Waals surface area contributed by atoms with Crippen molar-refractivity contribution >= 4 is 23.7 Å². The molecule has 0 radical (unpaired) electrons. The molecule has 0 bridgehead atoms. The topological polar surface area (TPSA) is 162 Å². The number of carbonyl (C=O) groups excluding carboxylic acids is 3. The number of rotatable bonds is 9. The number of hydrogen-bond acceptors (Lipinski definition) is 6. The van der Waals surface area contributed by atoms with Crippen molar-refractivity contribution in [3.05, 3.63) is 0 Å². The van der Waals surface area contributed by atoms with Gasteiger partial charge in [0.15, 0.2) is 0 Å². The van der Waals surface area contributed by atoms with Crippen LogP contribution in [0.15, 0.2) is 0 Å². The van der Waals surface area contributed by atoms with E-state index in [0.29, 0.717) is 25.8 Å². The summed E-state index contributed by atoms with van der Waals surface area (Å²) in [6, 6.07) is -4.04. The summed E-state index contributed by atoms with van der Waals surface area (Å²) >= 11 is 0. The number of nitrogens with two attached hydrogens (primary N) is 1. The Morgan fingerprint density at radius 1 is 1.11 bits per heavy atom. The van der Waals surface area contributed by atoms with Gasteiger partial charge in [-0.3, -0.25) is 14.4 Å². The van der Waals surface area contributed by atoms with Gasteiger partial charge in [0, 0.05) is 6.54 Å². The number of carbonyl (C=O) groups is 4. The molecule has 10 nitrogen and oxygen atoms in total. The van der Waals surface area contributed by atoms with Gasteiger partial charge in [-0.25, -0.2) is 4.79 Å². The van der Waals surface area contributed by atoms with Crippen molar-refractivity contribution in [3.63, 3.8) is 0 Å². The zero-order valence-corrected chi connectivity index (χ0v) is 16.8. The minimum atomic E-state index is -1.29. The number of carboxylic acid groups (broad SMARTS) is 1. The number of aliphatic carboxylic acids is 1. The van der Waals surface area contributed by atoms with Crippen LogP contribution in [0.5, 0.6) is 0 Å². The molecular weight excluding hydrogens is 368 g/mol. The Labute approximate surface area is 164 Å². The largest absolute Gasteiger partial charge is 0.480 e. The average Bonchev–Trinajstić information content (AvgIpc) is 3.12. The second-order valence-electron chi connectivity index (χ2n) is 7.42. The highest BCUT2D eigenvalue weighted by Crippen LogP contribution is 2.21. The van der Waals surface area contributed by atoms with E-state index >= 15 is 0 Å². The highest BCUT2D eigenvalue weighted by Gasteiger charge is 2.40. The van der Waals surface area contributed by atoms with Crippen LogP contribution in [0.1, 0.15) is 47.0 Å². The van der Waals surface area contributed by atoms with Gasteiger partial charge < -0.3 is 31.5 Å². The fraction of sp³-hybridized carbons (Fsp3) is 0.778. The first-order valence-corrected chi connectivity index (χ1v) is 9.58. The lowest BCUT2D eigenvalue weighted by Crippen LogP contribution is -2.60. The molecule has 0 aromatic rings. The van der Waals surface area contributed by atoms with E-state index in [2.05, 4.69) is 10.6 Å². The van der Waals surface area contributed by atoms with Crippen LogP contribution >= 0.6 is 0 Å². The van der Waals surface area contributed by atoms with Gasteiger partial charge in [-0.2, -0.15) is 0 Å². The predicted octanol–water partition coefficient (Wildman–Crippen LogP) is -1.19. The molecule has 0 unspecified atom stereocenters. The summed E-state index contributed by atoms with van der Waals surface area (Å²) in [5.41, 5.74) is 5.49. The van der Waals surface area contributed by atoms with E-state index in [-0.39, 0.29) is 5.92 Å². The predicted molar refractivity (Wildman–Crippen MR) is 101 cm³/mol. The number of nitrogens with zero attached hydrogens (tertiary/aromatic N) is 1. The van der Waals surface area contributed by atoms with Gasteiger partial charge in [0.2, 0.25) is 17.7 Å². The molecule has 1 aliphatic rings. The summed E-state index contributed by atoms with van der Waals surface area (Å²) in [4.78, 5) is 50.2. The smallest absolute Gasteiger partial charge is 0.326 e. The van der Waals surface area contributed by atoms with E-state index < -0.39 is 54.0 Å². The molecule has 28 heavy (non-hydrogen) atoms. The van der Waals surface area contributed by atoms with Gasteiger partial charge in [-0.15, -0.1) is 0 Å². The number of aliphatic hydroxyl groups excluding tert-OH is 1. The number of aliphatic hydroxyl groups is 1. The summed E-state index contributed by atoms with van der Waals surface area (Å²) in [5.74, 6) is -3.17. The van der Waals surface area contributed by atoms with E-state index in [4.69, 9.17) is 5.73 Å². The van der Waals surface area contributed by atoms with Crippen LogP contribution in [-0.2, 0) is 19.2 Å². The van der Waals surface area contributed by atoms with Crippen molar-refractivity contribution in [2.24, 2.45) is 11.7 Å². The van der Waals surface area contributed by atoms with Crippen LogP contribution in [0.25, 0.3) is 0 Å². The first kappa shape index (κ1) is 23.8. The van der Waals surface area contributed by atoms with Crippen LogP contribution < -0.4 is 16.4 Å². The van der Waals surface area contributed by atoms with Crippen molar-refractivity contribution < 1.29 is 29.4 Å². The van der Waals surface area contributed by atoms with Gasteiger partial charge in [-0.05, 0) is 32.6 Å². The molecule has 1 fully saturated rings. The van der Waals surface area contributed by atoms with Gasteiger partial charge in [0.05, 0.1) is 12.1 Å². The fourth-order valence-electron chi connectivity index (χ4n) is 3.08. The second kappa shape index (κ2) is 10.4. The van der Waals surface area contributed by atoms with Crippen LogP contribution in [-0.4, -0.2) is 75.6 Å². The molecule has 0 spiro atoms. The Balaban J connectivity index is 3.00. The lowest BCUT2D eigenvalue weighted by Gasteiger charge is -2.32. The minimum absolute atomic E-state index is 0.273. The summed E-state index contributed by atoms with van der Waals surface area (Å²) in [5, 5.41) is 24.2. The molecule has 1 heterocycles. The average molecular weight is 400 g/mol. The van der Waals surface area contributed by atoms with Gasteiger partial charge in [0.25, 0.3) is 0 Å². The molecule has 160 valence electrons. The minimum Gasteiger partial charge on any atom is -0.480 e. The number of amides is 3. The molecule has 1 aliphatic heterocycles. The molecule has 3 amide bonds. The van der Waals surface area contributed by atoms with E-state index in [1.807, 2.05) is 6.92 Å². The number of carboxylic acids is 1. The van der Waals surface area contributed by atoms with Crippen molar-refractivity contribution in [1.82, 2.24) is 15.5 Å². The van der Waals surface area contributed by atoms with Crippen LogP contribution in [0.2, 0.25) is 0 Å². The third kappa shape index (κ3) is 5.90. The summed E-state index contributed by atoms with van der Waals surface area (Å²) in [6.07, 6.45) is 0.287. The summed E-state index contributed by atoms with van der Waals surface area (Å²) in [7, 11) is 0. The van der Waals surface area contributed by atoms with E-state index in [1.165, 1.54) is 18.7 Å². The second-order valence-corrected chi connectivity index (χ2v) is 7.42.